The number of aromatic hydroxyl groups is 1. The number of nitrogens with zero attached hydrogens (tertiary/aromatic N) is 1. The van der Waals surface area contributed by atoms with Gasteiger partial charge in [0.1, 0.15) is 5.75 Å². The fourth-order valence-electron chi connectivity index (χ4n) is 1.71. The first-order chi connectivity index (χ1) is 9.20. The second-order valence-electron chi connectivity index (χ2n) is 4.07. The van der Waals surface area contributed by atoms with Crippen molar-refractivity contribution in [2.45, 2.75) is 6.54 Å². The van der Waals surface area contributed by atoms with E-state index in [0.717, 1.165) is 10.5 Å². The fourth-order valence-corrected chi connectivity index (χ4v) is 1.71. The smallest absolute Gasteiger partial charge is 0.260 e. The van der Waals surface area contributed by atoms with Gasteiger partial charge in [-0.1, -0.05) is 30.3 Å². The maximum Gasteiger partial charge on any atom is 0.260 e. The highest BCUT2D eigenvalue weighted by Gasteiger charge is 2.15. The lowest BCUT2D eigenvalue weighted by Crippen LogP contribution is -2.29. The number of carbonyl (C=O) groups excluding carboxylic acids is 2. The molecule has 0 saturated heterocycles. The number of hydrogen-bond donors (Lipinski definition) is 1. The third kappa shape index (κ3) is 3.19. The molecule has 0 aliphatic heterocycles. The Balaban J connectivity index is 2.15. The summed E-state index contributed by atoms with van der Waals surface area (Å²) in [5, 5.41) is 9.18. The fraction of sp³-hybridized carbons (Fsp3) is 0.0667. The SMILES string of the molecule is O=CN(Cc1ccccc1)C(=O)c1ccc(O)cc1. The Kier molecular flexibility index (Phi) is 3.93. The van der Waals surface area contributed by atoms with Crippen LogP contribution in [0.4, 0.5) is 0 Å². The van der Waals surface area contributed by atoms with Gasteiger partial charge in [-0.3, -0.25) is 14.5 Å². The second-order valence-corrected chi connectivity index (χ2v) is 4.07. The molecule has 0 atom stereocenters. The Morgan fingerprint density at radius 1 is 1.05 bits per heavy atom. The molecule has 2 aromatic carbocycles. The van der Waals surface area contributed by atoms with E-state index in [1.54, 1.807) is 0 Å². The molecule has 0 radical (unpaired) electrons. The van der Waals surface area contributed by atoms with Crippen LogP contribution < -0.4 is 0 Å². The summed E-state index contributed by atoms with van der Waals surface area (Å²) < 4.78 is 0. The predicted molar refractivity (Wildman–Crippen MR) is 70.5 cm³/mol. The number of amides is 2. The van der Waals surface area contributed by atoms with Crippen LogP contribution in [0.2, 0.25) is 0 Å². The molecule has 4 nitrogen and oxygen atoms in total. The first-order valence-electron chi connectivity index (χ1n) is 5.80. The van der Waals surface area contributed by atoms with Crippen molar-refractivity contribution in [3.8, 4) is 5.75 Å². The molecule has 19 heavy (non-hydrogen) atoms. The van der Waals surface area contributed by atoms with E-state index < -0.39 is 0 Å². The van der Waals surface area contributed by atoms with Crippen molar-refractivity contribution in [1.29, 1.82) is 0 Å². The van der Waals surface area contributed by atoms with E-state index in [1.807, 2.05) is 30.3 Å². The van der Waals surface area contributed by atoms with Crippen LogP contribution in [0, 0.1) is 0 Å². The van der Waals surface area contributed by atoms with Crippen molar-refractivity contribution in [1.82, 2.24) is 4.90 Å². The van der Waals surface area contributed by atoms with Crippen molar-refractivity contribution in [3.63, 3.8) is 0 Å². The quantitative estimate of drug-likeness (QED) is 0.852. The van der Waals surface area contributed by atoms with Gasteiger partial charge in [0.05, 0.1) is 6.54 Å². The lowest BCUT2D eigenvalue weighted by atomic mass is 10.1. The van der Waals surface area contributed by atoms with Crippen LogP contribution in [0.15, 0.2) is 54.6 Å². The minimum atomic E-state index is -0.390. The Morgan fingerprint density at radius 3 is 2.26 bits per heavy atom. The molecule has 0 saturated carbocycles. The zero-order chi connectivity index (χ0) is 13.7. The molecule has 0 bridgehead atoms. The molecule has 0 unspecified atom stereocenters. The molecule has 96 valence electrons. The van der Waals surface area contributed by atoms with Crippen molar-refractivity contribution >= 4 is 12.3 Å². The van der Waals surface area contributed by atoms with E-state index in [0.29, 0.717) is 12.0 Å². The molecule has 0 aliphatic rings. The van der Waals surface area contributed by atoms with E-state index in [1.165, 1.54) is 24.3 Å². The second kappa shape index (κ2) is 5.82. The van der Waals surface area contributed by atoms with E-state index in [4.69, 9.17) is 0 Å². The van der Waals surface area contributed by atoms with Gasteiger partial charge in [0.25, 0.3) is 5.91 Å². The summed E-state index contributed by atoms with van der Waals surface area (Å²) in [5.74, 6) is -0.309. The lowest BCUT2D eigenvalue weighted by Gasteiger charge is -2.15. The lowest BCUT2D eigenvalue weighted by molar-refractivity contribution is -0.116. The van der Waals surface area contributed by atoms with Crippen LogP contribution in [0.5, 0.6) is 5.75 Å². The molecule has 0 heterocycles. The van der Waals surface area contributed by atoms with Crippen LogP contribution >= 0.6 is 0 Å². The monoisotopic (exact) mass is 255 g/mol. The maximum absolute atomic E-state index is 12.1. The molecular weight excluding hydrogens is 242 g/mol. The minimum Gasteiger partial charge on any atom is -0.508 e. The molecule has 1 N–H and O–H groups in total. The van der Waals surface area contributed by atoms with Gasteiger partial charge >= 0.3 is 0 Å². The number of phenolic OH excluding ortho intramolecular Hbond substituents is 1. The zero-order valence-corrected chi connectivity index (χ0v) is 10.2. The van der Waals surface area contributed by atoms with Crippen LogP contribution in [-0.4, -0.2) is 22.3 Å². The summed E-state index contributed by atoms with van der Waals surface area (Å²) in [7, 11) is 0. The normalized spacial score (nSPS) is 9.89. The summed E-state index contributed by atoms with van der Waals surface area (Å²) in [4.78, 5) is 24.3. The van der Waals surface area contributed by atoms with Crippen LogP contribution in [-0.2, 0) is 11.3 Å². The molecular formula is C15H13NO3. The highest BCUT2D eigenvalue weighted by Crippen LogP contribution is 2.13. The van der Waals surface area contributed by atoms with E-state index in [9.17, 15) is 14.7 Å². The van der Waals surface area contributed by atoms with Crippen LogP contribution in [0.25, 0.3) is 0 Å². The number of benzene rings is 2. The maximum atomic E-state index is 12.1. The van der Waals surface area contributed by atoms with Gasteiger partial charge in [-0.15, -0.1) is 0 Å². The van der Waals surface area contributed by atoms with Crippen molar-refractivity contribution < 1.29 is 14.7 Å². The van der Waals surface area contributed by atoms with Crippen molar-refractivity contribution in [3.05, 3.63) is 65.7 Å². The van der Waals surface area contributed by atoms with Gasteiger partial charge in [0.2, 0.25) is 6.41 Å². The molecule has 4 heteroatoms. The van der Waals surface area contributed by atoms with Gasteiger partial charge in [-0.2, -0.15) is 0 Å². The van der Waals surface area contributed by atoms with Gasteiger partial charge in [0.15, 0.2) is 0 Å². The minimum absolute atomic E-state index is 0.0808. The zero-order valence-electron chi connectivity index (χ0n) is 10.2. The Labute approximate surface area is 110 Å². The predicted octanol–water partition coefficient (Wildman–Crippen LogP) is 2.19. The topological polar surface area (TPSA) is 57.6 Å². The Hall–Kier alpha value is -2.62. The van der Waals surface area contributed by atoms with E-state index >= 15 is 0 Å². The van der Waals surface area contributed by atoms with Crippen LogP contribution in [0.1, 0.15) is 15.9 Å². The number of hydrogen-bond acceptors (Lipinski definition) is 3. The van der Waals surface area contributed by atoms with Gasteiger partial charge in [-0.25, -0.2) is 0 Å². The average Bonchev–Trinajstić information content (AvgIpc) is 2.46. The molecule has 0 spiro atoms. The third-order valence-corrected chi connectivity index (χ3v) is 2.70. The summed E-state index contributed by atoms with van der Waals surface area (Å²) in [6.45, 7) is 0.226. The first-order valence-corrected chi connectivity index (χ1v) is 5.80. The number of phenols is 1. The molecule has 0 aromatic heterocycles. The van der Waals surface area contributed by atoms with Gasteiger partial charge in [0, 0.05) is 5.56 Å². The summed E-state index contributed by atoms with van der Waals surface area (Å²) >= 11 is 0. The molecule has 2 aromatic rings. The summed E-state index contributed by atoms with van der Waals surface area (Å²) in [6.07, 6.45) is 0.516. The summed E-state index contributed by atoms with van der Waals surface area (Å²) in [5.41, 5.74) is 1.24. The highest BCUT2D eigenvalue weighted by atomic mass is 16.3. The average molecular weight is 255 g/mol. The molecule has 0 fully saturated rings. The molecule has 2 rings (SSSR count). The largest absolute Gasteiger partial charge is 0.508 e. The Morgan fingerprint density at radius 2 is 1.68 bits per heavy atom. The first kappa shape index (κ1) is 12.8. The number of imide groups is 1. The summed E-state index contributed by atoms with van der Waals surface area (Å²) in [6, 6.07) is 15.1. The Bertz CT molecular complexity index is 564. The van der Waals surface area contributed by atoms with E-state index in [2.05, 4.69) is 0 Å². The molecule has 2 amide bonds. The molecule has 0 aliphatic carbocycles. The highest BCUT2D eigenvalue weighted by molar-refractivity contribution is 5.99. The van der Waals surface area contributed by atoms with E-state index in [-0.39, 0.29) is 18.2 Å². The standard InChI is InChI=1S/C15H13NO3/c17-11-16(10-12-4-2-1-3-5-12)15(19)13-6-8-14(18)9-7-13/h1-9,11,18H,10H2. The van der Waals surface area contributed by atoms with Gasteiger partial charge in [-0.05, 0) is 29.8 Å². The third-order valence-electron chi connectivity index (χ3n) is 2.70. The van der Waals surface area contributed by atoms with Crippen LogP contribution in [0.3, 0.4) is 0 Å². The van der Waals surface area contributed by atoms with Crippen molar-refractivity contribution in [2.75, 3.05) is 0 Å². The van der Waals surface area contributed by atoms with Crippen molar-refractivity contribution in [2.24, 2.45) is 0 Å². The number of rotatable bonds is 4. The number of carbonyl (C=O) groups is 2. The van der Waals surface area contributed by atoms with Gasteiger partial charge < -0.3 is 5.11 Å².